The molecule has 0 radical (unpaired) electrons. The molecule has 1 aromatic heterocycles. The molecule has 2 N–H and O–H groups in total. The second kappa shape index (κ2) is 2.90. The van der Waals surface area contributed by atoms with E-state index in [1.54, 1.807) is 22.8 Å². The molecule has 76 valence electrons. The molecule has 1 aromatic rings. The first kappa shape index (κ1) is 8.86. The van der Waals surface area contributed by atoms with Gasteiger partial charge in [0.15, 0.2) is 11.9 Å². The van der Waals surface area contributed by atoms with Crippen LogP contribution in [-0.2, 0) is 11.8 Å². The van der Waals surface area contributed by atoms with Crippen LogP contribution in [0, 0.1) is 0 Å². The molecular weight excluding hydrogens is 182 g/mol. The van der Waals surface area contributed by atoms with Gasteiger partial charge in [-0.15, -0.1) is 5.10 Å². The van der Waals surface area contributed by atoms with Gasteiger partial charge in [0.25, 0.3) is 5.90 Å². The second-order valence-electron chi connectivity index (χ2n) is 3.27. The minimum Gasteiger partial charge on any atom is -0.450 e. The lowest BCUT2D eigenvalue weighted by atomic mass is 10.4. The summed E-state index contributed by atoms with van der Waals surface area (Å²) in [5, 5.41) is 10.1. The van der Waals surface area contributed by atoms with Gasteiger partial charge in [-0.3, -0.25) is 9.69 Å². The van der Waals surface area contributed by atoms with E-state index < -0.39 is 0 Å². The summed E-state index contributed by atoms with van der Waals surface area (Å²) in [5.74, 6) is 1.11. The van der Waals surface area contributed by atoms with Gasteiger partial charge in [0, 0.05) is 20.2 Å². The smallest absolute Gasteiger partial charge is 0.261 e. The molecule has 6 heteroatoms. The molecular formula is C8H13N5O. The van der Waals surface area contributed by atoms with Crippen molar-refractivity contribution < 1.29 is 4.74 Å². The average Bonchev–Trinajstić information content (AvgIpc) is 2.60. The van der Waals surface area contributed by atoms with Crippen LogP contribution in [0.5, 0.6) is 0 Å². The van der Waals surface area contributed by atoms with Crippen molar-refractivity contribution in [1.29, 1.82) is 0 Å². The molecule has 0 aromatic carbocycles. The highest BCUT2D eigenvalue weighted by Gasteiger charge is 2.23. The number of hydrogen-bond acceptors (Lipinski definition) is 5. The number of ether oxygens (including phenoxy) is 1. The van der Waals surface area contributed by atoms with Gasteiger partial charge < -0.3 is 10.5 Å². The van der Waals surface area contributed by atoms with Gasteiger partial charge >= 0.3 is 0 Å². The van der Waals surface area contributed by atoms with Gasteiger partial charge in [0.1, 0.15) is 5.82 Å². The minimum atomic E-state index is -0.0479. The zero-order valence-corrected chi connectivity index (χ0v) is 8.43. The van der Waals surface area contributed by atoms with E-state index in [2.05, 4.69) is 10.2 Å². The summed E-state index contributed by atoms with van der Waals surface area (Å²) < 4.78 is 7.06. The molecule has 2 rings (SSSR count). The Hall–Kier alpha value is -1.72. The standard InChI is InChI=1S/C8H13N5O/c1-5-12(2)11-8(14-5)6-4-7(9)13(3)10-6/h4-5H,9H2,1-3H3. The maximum absolute atomic E-state index is 5.65. The quantitative estimate of drug-likeness (QED) is 0.683. The molecule has 0 fully saturated rings. The largest absolute Gasteiger partial charge is 0.450 e. The maximum atomic E-state index is 5.65. The molecule has 0 aliphatic carbocycles. The third-order valence-corrected chi connectivity index (χ3v) is 2.19. The number of aryl methyl sites for hydroxylation is 1. The Morgan fingerprint density at radius 1 is 1.50 bits per heavy atom. The predicted molar refractivity (Wildman–Crippen MR) is 52.5 cm³/mol. The summed E-state index contributed by atoms with van der Waals surface area (Å²) in [5.41, 5.74) is 6.32. The predicted octanol–water partition coefficient (Wildman–Crippen LogP) is -0.0281. The Morgan fingerprint density at radius 2 is 2.21 bits per heavy atom. The fourth-order valence-electron chi connectivity index (χ4n) is 1.18. The fraction of sp³-hybridized carbons (Fsp3) is 0.500. The van der Waals surface area contributed by atoms with Crippen LogP contribution in [0.25, 0.3) is 0 Å². The Bertz CT molecular complexity index is 364. The van der Waals surface area contributed by atoms with E-state index in [1.807, 2.05) is 14.0 Å². The summed E-state index contributed by atoms with van der Waals surface area (Å²) in [6, 6.07) is 1.74. The van der Waals surface area contributed by atoms with Crippen molar-refractivity contribution in [3.8, 4) is 0 Å². The van der Waals surface area contributed by atoms with E-state index in [9.17, 15) is 0 Å². The molecule has 0 bridgehead atoms. The molecule has 1 atom stereocenters. The van der Waals surface area contributed by atoms with Gasteiger partial charge in [-0.25, -0.2) is 0 Å². The zero-order valence-electron chi connectivity index (χ0n) is 8.43. The first-order chi connectivity index (χ1) is 6.58. The molecule has 2 heterocycles. The molecule has 0 spiro atoms. The monoisotopic (exact) mass is 195 g/mol. The third kappa shape index (κ3) is 1.28. The van der Waals surface area contributed by atoms with Crippen LogP contribution in [0.1, 0.15) is 12.6 Å². The fourth-order valence-corrected chi connectivity index (χ4v) is 1.18. The van der Waals surface area contributed by atoms with Gasteiger partial charge in [-0.1, -0.05) is 0 Å². The second-order valence-corrected chi connectivity index (χ2v) is 3.27. The van der Waals surface area contributed by atoms with Gasteiger partial charge in [-0.2, -0.15) is 5.10 Å². The van der Waals surface area contributed by atoms with Crippen LogP contribution in [0.3, 0.4) is 0 Å². The number of rotatable bonds is 1. The van der Waals surface area contributed by atoms with Crippen molar-refractivity contribution in [2.24, 2.45) is 12.1 Å². The topological polar surface area (TPSA) is 68.7 Å². The Balaban J connectivity index is 2.29. The first-order valence-corrected chi connectivity index (χ1v) is 4.36. The molecule has 0 amide bonds. The zero-order chi connectivity index (χ0) is 10.3. The maximum Gasteiger partial charge on any atom is 0.261 e. The van der Waals surface area contributed by atoms with Crippen LogP contribution in [0.2, 0.25) is 0 Å². The normalized spacial score (nSPS) is 20.9. The van der Waals surface area contributed by atoms with Crippen LogP contribution >= 0.6 is 0 Å². The lowest BCUT2D eigenvalue weighted by Gasteiger charge is -2.10. The number of nitrogens with two attached hydrogens (primary N) is 1. The molecule has 6 nitrogen and oxygen atoms in total. The van der Waals surface area contributed by atoms with Crippen molar-refractivity contribution in [2.75, 3.05) is 12.8 Å². The SMILES string of the molecule is CC1OC(c2cc(N)n(C)n2)=NN1C. The summed E-state index contributed by atoms with van der Waals surface area (Å²) in [6.07, 6.45) is -0.0479. The Labute approximate surface area is 81.9 Å². The van der Waals surface area contributed by atoms with Crippen LogP contribution in [0.4, 0.5) is 5.82 Å². The highest BCUT2D eigenvalue weighted by atomic mass is 16.5. The summed E-state index contributed by atoms with van der Waals surface area (Å²) >= 11 is 0. The minimum absolute atomic E-state index is 0.0479. The van der Waals surface area contributed by atoms with E-state index >= 15 is 0 Å². The van der Waals surface area contributed by atoms with E-state index in [0.29, 0.717) is 17.4 Å². The van der Waals surface area contributed by atoms with Crippen molar-refractivity contribution in [2.45, 2.75) is 13.2 Å². The Morgan fingerprint density at radius 3 is 2.64 bits per heavy atom. The highest BCUT2D eigenvalue weighted by Crippen LogP contribution is 2.15. The van der Waals surface area contributed by atoms with E-state index in [1.165, 1.54) is 0 Å². The Kier molecular flexibility index (Phi) is 1.83. The van der Waals surface area contributed by atoms with Crippen molar-refractivity contribution in [3.63, 3.8) is 0 Å². The van der Waals surface area contributed by atoms with Crippen molar-refractivity contribution >= 4 is 11.7 Å². The highest BCUT2D eigenvalue weighted by molar-refractivity contribution is 5.93. The lowest BCUT2D eigenvalue weighted by molar-refractivity contribution is 0.0959. The third-order valence-electron chi connectivity index (χ3n) is 2.19. The first-order valence-electron chi connectivity index (χ1n) is 4.36. The van der Waals surface area contributed by atoms with Crippen molar-refractivity contribution in [3.05, 3.63) is 11.8 Å². The average molecular weight is 195 g/mol. The number of nitrogens with zero attached hydrogens (tertiary/aromatic N) is 4. The summed E-state index contributed by atoms with van der Waals surface area (Å²) in [4.78, 5) is 0. The van der Waals surface area contributed by atoms with Gasteiger partial charge in [0.05, 0.1) is 0 Å². The number of anilines is 1. The molecule has 1 aliphatic heterocycles. The van der Waals surface area contributed by atoms with E-state index in [0.717, 1.165) is 0 Å². The summed E-state index contributed by atoms with van der Waals surface area (Å²) in [6.45, 7) is 1.92. The van der Waals surface area contributed by atoms with E-state index in [-0.39, 0.29) is 6.23 Å². The number of hydrazone groups is 1. The summed E-state index contributed by atoms with van der Waals surface area (Å²) in [7, 11) is 3.63. The van der Waals surface area contributed by atoms with E-state index in [4.69, 9.17) is 10.5 Å². The molecule has 14 heavy (non-hydrogen) atoms. The lowest BCUT2D eigenvalue weighted by Crippen LogP contribution is -2.20. The van der Waals surface area contributed by atoms with Crippen LogP contribution < -0.4 is 5.73 Å². The van der Waals surface area contributed by atoms with Crippen LogP contribution in [-0.4, -0.2) is 34.0 Å². The molecule has 0 saturated heterocycles. The van der Waals surface area contributed by atoms with Gasteiger partial charge in [-0.05, 0) is 6.92 Å². The number of nitrogen functional groups attached to an aromatic ring is 1. The number of hydrogen-bond donors (Lipinski definition) is 1. The van der Waals surface area contributed by atoms with Crippen LogP contribution in [0.15, 0.2) is 11.2 Å². The van der Waals surface area contributed by atoms with Gasteiger partial charge in [0.2, 0.25) is 0 Å². The number of aromatic nitrogens is 2. The molecule has 1 unspecified atom stereocenters. The molecule has 1 aliphatic rings. The molecule has 0 saturated carbocycles. The van der Waals surface area contributed by atoms with Crippen molar-refractivity contribution in [1.82, 2.24) is 14.8 Å².